The number of ketones is 1. The molecule has 1 atom stereocenters. The molecule has 0 unspecified atom stereocenters. The molecule has 1 rings (SSSR count). The van der Waals surface area contributed by atoms with Gasteiger partial charge >= 0.3 is 11.9 Å². The summed E-state index contributed by atoms with van der Waals surface area (Å²) in [6.45, 7) is 34.4. The first-order valence-electron chi connectivity index (χ1n) is 21.7. The van der Waals surface area contributed by atoms with Crippen LogP contribution in [0.25, 0.3) is 0 Å². The second-order valence-corrected chi connectivity index (χ2v) is 17.8. The average Bonchev–Trinajstić information content (AvgIpc) is 3.12. The predicted octanol–water partition coefficient (Wildman–Crippen LogP) is 13.3. The highest BCUT2D eigenvalue weighted by atomic mass is 16.6. The molecule has 1 aromatic carbocycles. The van der Waals surface area contributed by atoms with E-state index in [1.165, 1.54) is 37.7 Å². The van der Waals surface area contributed by atoms with E-state index in [4.69, 9.17) is 14.2 Å². The van der Waals surface area contributed by atoms with Crippen molar-refractivity contribution in [3.8, 4) is 0 Å². The van der Waals surface area contributed by atoms with Crippen molar-refractivity contribution in [3.63, 3.8) is 0 Å². The summed E-state index contributed by atoms with van der Waals surface area (Å²) in [4.78, 5) is 33.4. The summed E-state index contributed by atoms with van der Waals surface area (Å²) in [6.07, 6.45) is 14.3. The molecule has 0 heterocycles. The zero-order valence-electron chi connectivity index (χ0n) is 40.3. The van der Waals surface area contributed by atoms with Crippen molar-refractivity contribution in [2.24, 2.45) is 22.2 Å². The van der Waals surface area contributed by atoms with E-state index in [1.54, 1.807) is 21.1 Å². The molecule has 0 fully saturated rings. The van der Waals surface area contributed by atoms with Crippen LogP contribution in [-0.4, -0.2) is 55.5 Å². The number of Topliss-reactive ketones (excluding diaryl/α,β-unsaturated/α-hetero) is 1. The summed E-state index contributed by atoms with van der Waals surface area (Å²) < 4.78 is 15.2. The Kier molecular flexibility index (Phi) is 35.4. The molecule has 0 bridgehead atoms. The molecule has 0 aromatic heterocycles. The van der Waals surface area contributed by atoms with Crippen molar-refractivity contribution in [2.75, 3.05) is 14.2 Å². The molecule has 1 N–H and O–H groups in total. The maximum Gasteiger partial charge on any atom is 0.312 e. The van der Waals surface area contributed by atoms with Gasteiger partial charge in [0.25, 0.3) is 0 Å². The van der Waals surface area contributed by atoms with Crippen LogP contribution in [-0.2, 0) is 35.2 Å². The van der Waals surface area contributed by atoms with E-state index in [0.29, 0.717) is 13.0 Å². The Hall–Kier alpha value is -2.19. The smallest absolute Gasteiger partial charge is 0.312 e. The van der Waals surface area contributed by atoms with Gasteiger partial charge in [-0.25, -0.2) is 0 Å². The largest absolute Gasteiger partial charge is 0.469 e. The highest BCUT2D eigenvalue weighted by Gasteiger charge is 2.51. The fourth-order valence-corrected chi connectivity index (χ4v) is 5.93. The van der Waals surface area contributed by atoms with Crippen LogP contribution in [0.15, 0.2) is 30.3 Å². The fourth-order valence-electron chi connectivity index (χ4n) is 5.93. The lowest BCUT2D eigenvalue weighted by molar-refractivity contribution is -0.163. The molecule has 8 heteroatoms. The molecule has 0 saturated heterocycles. The molecule has 329 valence electrons. The third-order valence-electron chi connectivity index (χ3n) is 10.7. The quantitative estimate of drug-likeness (QED) is 0.0797. The SMILES string of the molecule is CC(C)C(=O)OC(C)(C)C.CCC(C)=O.CCCC(C)(C)C(C)(C)O.COCc1ccccc1.C[B]CCCC(CCCC)(CCCC)[C@@](C)(CC)C(=O)OC. The van der Waals surface area contributed by atoms with Crippen LogP contribution in [0.4, 0.5) is 0 Å². The van der Waals surface area contributed by atoms with E-state index in [0.717, 1.165) is 44.8 Å². The number of aliphatic hydroxyl groups is 1. The number of benzene rings is 1. The van der Waals surface area contributed by atoms with Gasteiger partial charge in [0, 0.05) is 13.5 Å². The number of hydrogen-bond acceptors (Lipinski definition) is 7. The van der Waals surface area contributed by atoms with Gasteiger partial charge in [0.1, 0.15) is 18.7 Å². The molecular formula is C48H92BO7. The van der Waals surface area contributed by atoms with Gasteiger partial charge in [-0.2, -0.15) is 0 Å². The van der Waals surface area contributed by atoms with E-state index < -0.39 is 5.60 Å². The molecule has 0 aliphatic heterocycles. The van der Waals surface area contributed by atoms with E-state index in [-0.39, 0.29) is 45.5 Å². The van der Waals surface area contributed by atoms with Crippen LogP contribution >= 0.6 is 0 Å². The standard InChI is InChI=1S/C19H38BO2.C9H20O.C8H16O2.C8H10O.C4H8O/c1-7-10-13-19(14-11-8-2,15-12-16-20-5)18(4,9-3)17(21)22-6;1-6-7-8(2,3)9(4,5)10;1-6(2)7(9)10-8(3,4)5;1-9-7-8-5-3-2-4-6-8;1-3-4(2)5/h7-16H2,1-6H3;10H,6-7H2,1-5H3;6H,1-5H3;2-6H,7H2,1H3;3H2,1-2H3/t18-;;;;/m0..../s1. The lowest BCUT2D eigenvalue weighted by Crippen LogP contribution is -2.46. The van der Waals surface area contributed by atoms with Gasteiger partial charge in [-0.05, 0) is 97.0 Å². The summed E-state index contributed by atoms with van der Waals surface area (Å²) in [6, 6.07) is 10.1. The normalized spacial score (nSPS) is 12.4. The zero-order valence-corrected chi connectivity index (χ0v) is 40.3. The van der Waals surface area contributed by atoms with Gasteiger partial charge < -0.3 is 24.1 Å². The van der Waals surface area contributed by atoms with E-state index >= 15 is 0 Å². The highest BCUT2D eigenvalue weighted by molar-refractivity contribution is 6.33. The van der Waals surface area contributed by atoms with Gasteiger partial charge in [-0.3, -0.25) is 9.59 Å². The molecule has 0 aliphatic rings. The van der Waals surface area contributed by atoms with Crippen LogP contribution in [0.1, 0.15) is 193 Å². The lowest BCUT2D eigenvalue weighted by atomic mass is 9.55. The predicted molar refractivity (Wildman–Crippen MR) is 241 cm³/mol. The number of carbonyl (C=O) groups is 3. The highest BCUT2D eigenvalue weighted by Crippen LogP contribution is 2.53. The molecule has 0 amide bonds. The summed E-state index contributed by atoms with van der Waals surface area (Å²) in [5.74, 6) is 0.0828. The Morgan fingerprint density at radius 2 is 1.21 bits per heavy atom. The van der Waals surface area contributed by atoms with Gasteiger partial charge in [0.05, 0.1) is 30.7 Å². The minimum atomic E-state index is -0.553. The first kappa shape index (κ1) is 60.5. The molecule has 0 saturated carbocycles. The van der Waals surface area contributed by atoms with Crippen molar-refractivity contribution in [1.29, 1.82) is 0 Å². The van der Waals surface area contributed by atoms with Crippen LogP contribution in [0.2, 0.25) is 13.1 Å². The van der Waals surface area contributed by atoms with Crippen LogP contribution in [0.5, 0.6) is 0 Å². The maximum absolute atomic E-state index is 12.6. The third kappa shape index (κ3) is 28.3. The minimum Gasteiger partial charge on any atom is -0.469 e. The number of unbranched alkanes of at least 4 members (excludes halogenated alkanes) is 2. The first-order chi connectivity index (χ1) is 25.8. The zero-order chi connectivity index (χ0) is 44.7. The van der Waals surface area contributed by atoms with Crippen LogP contribution in [0, 0.1) is 22.2 Å². The molecule has 1 aromatic rings. The second-order valence-electron chi connectivity index (χ2n) is 17.8. The number of esters is 2. The maximum atomic E-state index is 12.6. The lowest BCUT2D eigenvalue weighted by Gasteiger charge is -2.47. The summed E-state index contributed by atoms with van der Waals surface area (Å²) in [5.41, 5.74) is 0.0931. The fraction of sp³-hybridized carbons (Fsp3) is 0.812. The summed E-state index contributed by atoms with van der Waals surface area (Å²) >= 11 is 0. The third-order valence-corrected chi connectivity index (χ3v) is 10.7. The number of ether oxygens (including phenoxy) is 3. The molecular weight excluding hydrogens is 699 g/mol. The Morgan fingerprint density at radius 3 is 1.48 bits per heavy atom. The topological polar surface area (TPSA) is 99.1 Å². The monoisotopic (exact) mass is 792 g/mol. The number of carbonyl (C=O) groups excluding carboxylic acids is 3. The van der Waals surface area contributed by atoms with Crippen LogP contribution < -0.4 is 0 Å². The number of hydrogen-bond donors (Lipinski definition) is 1. The van der Waals surface area contributed by atoms with Gasteiger partial charge in [0.15, 0.2) is 0 Å². The average molecular weight is 792 g/mol. The number of rotatable bonds is 20. The van der Waals surface area contributed by atoms with Crippen molar-refractivity contribution >= 4 is 25.0 Å². The van der Waals surface area contributed by atoms with E-state index in [2.05, 4.69) is 62.6 Å². The van der Waals surface area contributed by atoms with Crippen molar-refractivity contribution < 1.29 is 33.7 Å². The minimum absolute atomic E-state index is 0.0114. The first-order valence-corrected chi connectivity index (χ1v) is 21.7. The van der Waals surface area contributed by atoms with E-state index in [9.17, 15) is 19.5 Å². The van der Waals surface area contributed by atoms with Crippen molar-refractivity contribution in [2.45, 2.75) is 219 Å². The summed E-state index contributed by atoms with van der Waals surface area (Å²) in [5, 5.41) is 9.68. The molecule has 0 aliphatic carbocycles. The van der Waals surface area contributed by atoms with Crippen molar-refractivity contribution in [3.05, 3.63) is 35.9 Å². The second kappa shape index (κ2) is 32.7. The van der Waals surface area contributed by atoms with Gasteiger partial charge in [-0.1, -0.05) is 144 Å². The Bertz CT molecular complexity index is 1090. The van der Waals surface area contributed by atoms with Crippen LogP contribution in [0.3, 0.4) is 0 Å². The van der Waals surface area contributed by atoms with Crippen molar-refractivity contribution in [1.82, 2.24) is 0 Å². The Labute approximate surface area is 348 Å². The molecule has 0 spiro atoms. The van der Waals surface area contributed by atoms with Gasteiger partial charge in [0.2, 0.25) is 0 Å². The Morgan fingerprint density at radius 1 is 0.750 bits per heavy atom. The summed E-state index contributed by atoms with van der Waals surface area (Å²) in [7, 11) is 5.49. The Balaban J connectivity index is -0.000000333. The van der Waals surface area contributed by atoms with E-state index in [1.807, 2.05) is 85.7 Å². The molecule has 56 heavy (non-hydrogen) atoms. The molecule has 1 radical (unpaired) electrons. The molecule has 7 nitrogen and oxygen atoms in total. The van der Waals surface area contributed by atoms with Gasteiger partial charge in [-0.15, -0.1) is 0 Å². The number of methoxy groups -OCH3 is 2.